The van der Waals surface area contributed by atoms with Crippen molar-refractivity contribution in [2.45, 2.75) is 13.0 Å². The molecule has 0 saturated carbocycles. The number of carbonyl (C=O) groups excluding carboxylic acids is 1. The molecule has 0 fully saturated rings. The van der Waals surface area contributed by atoms with Crippen molar-refractivity contribution in [2.75, 3.05) is 0 Å². The number of rotatable bonds is 3. The summed E-state index contributed by atoms with van der Waals surface area (Å²) in [5.41, 5.74) is 0.813. The number of aromatic nitrogens is 2. The van der Waals surface area contributed by atoms with Gasteiger partial charge in [0, 0.05) is 10.7 Å². The first kappa shape index (κ1) is 12.6. The van der Waals surface area contributed by atoms with Crippen LogP contribution in [0.2, 0.25) is 0 Å². The quantitative estimate of drug-likeness (QED) is 0.810. The summed E-state index contributed by atoms with van der Waals surface area (Å²) in [6, 6.07) is 7.54. The standard InChI is InChI=1S/C12H12BrN3O2/c1-7(8-3-2-4-9(13)5-8)15-11(17)10-6-14-12(18)16-10/h2-7H,1H3,(H,15,17)(H2,14,16,18). The number of nitrogens with one attached hydrogen (secondary N) is 3. The molecule has 5 nitrogen and oxygen atoms in total. The summed E-state index contributed by atoms with van der Waals surface area (Å²) in [7, 11) is 0. The number of aromatic amines is 2. The van der Waals surface area contributed by atoms with Crippen LogP contribution in [0.1, 0.15) is 29.0 Å². The van der Waals surface area contributed by atoms with Gasteiger partial charge < -0.3 is 15.3 Å². The molecule has 0 aliphatic carbocycles. The van der Waals surface area contributed by atoms with Crippen molar-refractivity contribution in [2.24, 2.45) is 0 Å². The molecule has 0 bridgehead atoms. The van der Waals surface area contributed by atoms with Gasteiger partial charge in [-0.15, -0.1) is 0 Å². The van der Waals surface area contributed by atoms with Crippen LogP contribution in [0.25, 0.3) is 0 Å². The van der Waals surface area contributed by atoms with Crippen LogP contribution >= 0.6 is 15.9 Å². The van der Waals surface area contributed by atoms with Crippen LogP contribution in [0.3, 0.4) is 0 Å². The number of halogens is 1. The van der Waals surface area contributed by atoms with Gasteiger partial charge in [-0.25, -0.2) is 4.79 Å². The zero-order valence-corrected chi connectivity index (χ0v) is 11.2. The van der Waals surface area contributed by atoms with Crippen LogP contribution in [0.15, 0.2) is 39.7 Å². The van der Waals surface area contributed by atoms with Crippen LogP contribution in [-0.2, 0) is 0 Å². The minimum atomic E-state index is -0.393. The van der Waals surface area contributed by atoms with Gasteiger partial charge in [-0.3, -0.25) is 4.79 Å². The van der Waals surface area contributed by atoms with E-state index in [1.807, 2.05) is 31.2 Å². The maximum atomic E-state index is 11.8. The van der Waals surface area contributed by atoms with E-state index < -0.39 is 5.69 Å². The highest BCUT2D eigenvalue weighted by Gasteiger charge is 2.12. The fourth-order valence-electron chi connectivity index (χ4n) is 1.59. The monoisotopic (exact) mass is 309 g/mol. The lowest BCUT2D eigenvalue weighted by Crippen LogP contribution is -2.27. The second-order valence-electron chi connectivity index (χ2n) is 3.91. The van der Waals surface area contributed by atoms with E-state index in [0.717, 1.165) is 10.0 Å². The van der Waals surface area contributed by atoms with Crippen LogP contribution in [0.5, 0.6) is 0 Å². The maximum Gasteiger partial charge on any atom is 0.323 e. The molecule has 6 heteroatoms. The number of hydrogen-bond acceptors (Lipinski definition) is 2. The maximum absolute atomic E-state index is 11.8. The molecule has 2 aromatic rings. The molecule has 0 radical (unpaired) electrons. The zero-order chi connectivity index (χ0) is 13.1. The first-order valence-electron chi connectivity index (χ1n) is 5.40. The smallest absolute Gasteiger partial charge is 0.323 e. The SMILES string of the molecule is CC(NC(=O)c1c[nH]c(=O)[nH]1)c1cccc(Br)c1. The van der Waals surface area contributed by atoms with Crippen molar-refractivity contribution in [3.05, 3.63) is 56.7 Å². The van der Waals surface area contributed by atoms with Gasteiger partial charge in [0.15, 0.2) is 0 Å². The largest absolute Gasteiger partial charge is 0.344 e. The zero-order valence-electron chi connectivity index (χ0n) is 9.66. The van der Waals surface area contributed by atoms with E-state index in [0.29, 0.717) is 0 Å². The lowest BCUT2D eigenvalue weighted by molar-refractivity contribution is 0.0935. The molecule has 1 heterocycles. The second-order valence-corrected chi connectivity index (χ2v) is 4.82. The van der Waals surface area contributed by atoms with E-state index in [1.165, 1.54) is 6.20 Å². The molecular weight excluding hydrogens is 298 g/mol. The Morgan fingerprint density at radius 1 is 1.44 bits per heavy atom. The Morgan fingerprint density at radius 3 is 2.83 bits per heavy atom. The topological polar surface area (TPSA) is 77.8 Å². The van der Waals surface area contributed by atoms with E-state index in [1.54, 1.807) is 0 Å². The molecule has 2 rings (SSSR count). The number of H-pyrrole nitrogens is 2. The minimum absolute atomic E-state index is 0.145. The van der Waals surface area contributed by atoms with Crippen molar-refractivity contribution in [3.8, 4) is 0 Å². The van der Waals surface area contributed by atoms with Crippen molar-refractivity contribution in [1.82, 2.24) is 15.3 Å². The van der Waals surface area contributed by atoms with Crippen LogP contribution in [0.4, 0.5) is 0 Å². The molecule has 1 aromatic carbocycles. The van der Waals surface area contributed by atoms with E-state index in [4.69, 9.17) is 0 Å². The van der Waals surface area contributed by atoms with Gasteiger partial charge >= 0.3 is 5.69 Å². The van der Waals surface area contributed by atoms with Gasteiger partial charge in [0.25, 0.3) is 5.91 Å². The Bertz CT molecular complexity index is 618. The predicted octanol–water partition coefficient (Wildman–Crippen LogP) is 1.96. The summed E-state index contributed by atoms with van der Waals surface area (Å²) in [6.07, 6.45) is 1.35. The predicted molar refractivity (Wildman–Crippen MR) is 71.4 cm³/mol. The van der Waals surface area contributed by atoms with Crippen LogP contribution in [-0.4, -0.2) is 15.9 Å². The molecule has 1 amide bonds. The molecule has 1 atom stereocenters. The molecule has 94 valence electrons. The number of hydrogen-bond donors (Lipinski definition) is 3. The van der Waals surface area contributed by atoms with E-state index in [9.17, 15) is 9.59 Å². The summed E-state index contributed by atoms with van der Waals surface area (Å²) < 4.78 is 0.955. The van der Waals surface area contributed by atoms with E-state index >= 15 is 0 Å². The van der Waals surface area contributed by atoms with Crippen LogP contribution < -0.4 is 11.0 Å². The molecule has 18 heavy (non-hydrogen) atoms. The molecule has 0 saturated heterocycles. The first-order valence-corrected chi connectivity index (χ1v) is 6.19. The first-order chi connectivity index (χ1) is 8.56. The Kier molecular flexibility index (Phi) is 3.66. The second kappa shape index (κ2) is 5.22. The number of imidazole rings is 1. The summed E-state index contributed by atoms with van der Waals surface area (Å²) in [5, 5.41) is 2.80. The molecule has 0 aliphatic heterocycles. The third-order valence-electron chi connectivity index (χ3n) is 2.54. The van der Waals surface area contributed by atoms with Gasteiger partial charge in [0.1, 0.15) is 5.69 Å². The van der Waals surface area contributed by atoms with Gasteiger partial charge in [-0.05, 0) is 24.6 Å². The van der Waals surface area contributed by atoms with Crippen molar-refractivity contribution < 1.29 is 4.79 Å². The molecule has 0 aliphatic rings. The number of benzene rings is 1. The van der Waals surface area contributed by atoms with E-state index in [2.05, 4.69) is 31.2 Å². The summed E-state index contributed by atoms with van der Waals surface area (Å²) in [5.74, 6) is -0.319. The summed E-state index contributed by atoms with van der Waals surface area (Å²) in [6.45, 7) is 1.88. The molecular formula is C12H12BrN3O2. The normalized spacial score (nSPS) is 12.1. The molecule has 0 spiro atoms. The van der Waals surface area contributed by atoms with Crippen molar-refractivity contribution >= 4 is 21.8 Å². The Balaban J connectivity index is 2.10. The van der Waals surface area contributed by atoms with Gasteiger partial charge in [-0.1, -0.05) is 28.1 Å². The van der Waals surface area contributed by atoms with Gasteiger partial charge in [-0.2, -0.15) is 0 Å². The average molecular weight is 310 g/mol. The van der Waals surface area contributed by atoms with E-state index in [-0.39, 0.29) is 17.6 Å². The fourth-order valence-corrected chi connectivity index (χ4v) is 2.01. The average Bonchev–Trinajstić information content (AvgIpc) is 2.76. The lowest BCUT2D eigenvalue weighted by atomic mass is 10.1. The van der Waals surface area contributed by atoms with Gasteiger partial charge in [0.05, 0.1) is 6.04 Å². The third-order valence-corrected chi connectivity index (χ3v) is 3.03. The van der Waals surface area contributed by atoms with Crippen molar-refractivity contribution in [3.63, 3.8) is 0 Å². The fraction of sp³-hybridized carbons (Fsp3) is 0.167. The third kappa shape index (κ3) is 2.89. The Hall–Kier alpha value is -1.82. The Labute approximate surface area is 112 Å². The highest BCUT2D eigenvalue weighted by molar-refractivity contribution is 9.10. The highest BCUT2D eigenvalue weighted by atomic mass is 79.9. The highest BCUT2D eigenvalue weighted by Crippen LogP contribution is 2.17. The lowest BCUT2D eigenvalue weighted by Gasteiger charge is -2.13. The number of amides is 1. The van der Waals surface area contributed by atoms with Crippen LogP contribution in [0, 0.1) is 0 Å². The molecule has 1 unspecified atom stereocenters. The minimum Gasteiger partial charge on any atom is -0.344 e. The Morgan fingerprint density at radius 2 is 2.22 bits per heavy atom. The number of carbonyl (C=O) groups is 1. The molecule has 1 aromatic heterocycles. The molecule has 3 N–H and O–H groups in total. The van der Waals surface area contributed by atoms with Gasteiger partial charge in [0.2, 0.25) is 0 Å². The van der Waals surface area contributed by atoms with Crippen molar-refractivity contribution in [1.29, 1.82) is 0 Å². The summed E-state index contributed by atoms with van der Waals surface area (Å²) in [4.78, 5) is 27.5. The summed E-state index contributed by atoms with van der Waals surface area (Å²) >= 11 is 3.38.